The molecule has 0 bridgehead atoms. The molecule has 0 saturated heterocycles. The van der Waals surface area contributed by atoms with Gasteiger partial charge in [0, 0.05) is 0 Å². The van der Waals surface area contributed by atoms with Gasteiger partial charge in [0.25, 0.3) is 0 Å². The zero-order valence-corrected chi connectivity index (χ0v) is 11.4. The van der Waals surface area contributed by atoms with Crippen LogP contribution in [0.15, 0.2) is 18.2 Å². The summed E-state index contributed by atoms with van der Waals surface area (Å²) in [5, 5.41) is 0. The minimum Gasteiger partial charge on any atom is -0.496 e. The summed E-state index contributed by atoms with van der Waals surface area (Å²) in [6.07, 6.45) is 0.634. The smallest absolute Gasteiger partial charge is 0.313 e. The van der Waals surface area contributed by atoms with Crippen molar-refractivity contribution in [2.75, 3.05) is 20.8 Å². The van der Waals surface area contributed by atoms with Crippen LogP contribution in [0.25, 0.3) is 0 Å². The Morgan fingerprint density at radius 3 is 2.11 bits per heavy atom. The number of hydrogen-bond donors (Lipinski definition) is 0. The first-order valence-corrected chi connectivity index (χ1v) is 6.07. The van der Waals surface area contributed by atoms with Crippen molar-refractivity contribution in [1.29, 1.82) is 0 Å². The third-order valence-electron chi connectivity index (χ3n) is 2.79. The summed E-state index contributed by atoms with van der Waals surface area (Å²) in [7, 11) is 3.16. The summed E-state index contributed by atoms with van der Waals surface area (Å²) in [6.45, 7) is 4.10. The Kier molecular flexibility index (Phi) is 5.49. The van der Waals surface area contributed by atoms with Crippen LogP contribution in [-0.4, -0.2) is 26.8 Å². The molecular formula is C14H20O4. The van der Waals surface area contributed by atoms with Gasteiger partial charge in [0.1, 0.15) is 11.5 Å². The Balaban J connectivity index is 3.21. The molecule has 1 aromatic rings. The lowest BCUT2D eigenvalue weighted by Gasteiger charge is -2.19. The molecule has 1 atom stereocenters. The average molecular weight is 252 g/mol. The minimum atomic E-state index is -0.365. The fourth-order valence-corrected chi connectivity index (χ4v) is 1.95. The summed E-state index contributed by atoms with van der Waals surface area (Å²) >= 11 is 0. The van der Waals surface area contributed by atoms with Gasteiger partial charge in [0.15, 0.2) is 0 Å². The molecule has 0 aliphatic heterocycles. The summed E-state index contributed by atoms with van der Waals surface area (Å²) in [5.74, 6) is 0.683. The Morgan fingerprint density at radius 2 is 1.72 bits per heavy atom. The van der Waals surface area contributed by atoms with Crippen molar-refractivity contribution in [2.24, 2.45) is 0 Å². The van der Waals surface area contributed by atoms with Crippen LogP contribution >= 0.6 is 0 Å². The molecule has 0 N–H and O–H groups in total. The number of methoxy groups -OCH3 is 2. The van der Waals surface area contributed by atoms with E-state index in [9.17, 15) is 4.79 Å². The topological polar surface area (TPSA) is 44.8 Å². The van der Waals surface area contributed by atoms with Crippen molar-refractivity contribution in [3.8, 4) is 11.5 Å². The van der Waals surface area contributed by atoms with Crippen molar-refractivity contribution >= 4 is 5.97 Å². The standard InChI is InChI=1S/C14H20O4/c1-5-10(14(15)18-6-2)13-11(16-3)8-7-9-12(13)17-4/h7-10H,5-6H2,1-4H3. The van der Waals surface area contributed by atoms with Crippen LogP contribution in [-0.2, 0) is 9.53 Å². The molecule has 4 nitrogen and oxygen atoms in total. The minimum absolute atomic E-state index is 0.247. The van der Waals surface area contributed by atoms with E-state index in [1.165, 1.54) is 0 Å². The Bertz CT molecular complexity index is 379. The maximum Gasteiger partial charge on any atom is 0.313 e. The van der Waals surface area contributed by atoms with Crippen LogP contribution in [0, 0.1) is 0 Å². The lowest BCUT2D eigenvalue weighted by Crippen LogP contribution is -2.17. The summed E-state index contributed by atoms with van der Waals surface area (Å²) in [6, 6.07) is 5.47. The largest absolute Gasteiger partial charge is 0.496 e. The number of hydrogen-bond acceptors (Lipinski definition) is 4. The zero-order chi connectivity index (χ0) is 13.5. The molecular weight excluding hydrogens is 232 g/mol. The van der Waals surface area contributed by atoms with E-state index in [0.717, 1.165) is 5.56 Å². The average Bonchev–Trinajstić information content (AvgIpc) is 2.40. The lowest BCUT2D eigenvalue weighted by atomic mass is 9.94. The van der Waals surface area contributed by atoms with E-state index >= 15 is 0 Å². The Hall–Kier alpha value is -1.71. The number of esters is 1. The first-order valence-electron chi connectivity index (χ1n) is 6.07. The highest BCUT2D eigenvalue weighted by Crippen LogP contribution is 2.37. The number of carbonyl (C=O) groups excluding carboxylic acids is 1. The van der Waals surface area contributed by atoms with Gasteiger partial charge in [-0.25, -0.2) is 0 Å². The van der Waals surface area contributed by atoms with Gasteiger partial charge in [-0.05, 0) is 25.5 Å². The van der Waals surface area contributed by atoms with Gasteiger partial charge >= 0.3 is 5.97 Å². The van der Waals surface area contributed by atoms with Crippen LogP contribution in [0.3, 0.4) is 0 Å². The quantitative estimate of drug-likeness (QED) is 0.730. The van der Waals surface area contributed by atoms with Crippen molar-refractivity contribution in [2.45, 2.75) is 26.2 Å². The molecule has 1 rings (SSSR count). The molecule has 0 fully saturated rings. The molecule has 0 spiro atoms. The molecule has 1 aromatic carbocycles. The second kappa shape index (κ2) is 6.89. The van der Waals surface area contributed by atoms with E-state index in [2.05, 4.69) is 0 Å². The second-order valence-electron chi connectivity index (χ2n) is 3.79. The SMILES string of the molecule is CCOC(=O)C(CC)c1c(OC)cccc1OC. The van der Waals surface area contributed by atoms with Crippen molar-refractivity contribution in [3.05, 3.63) is 23.8 Å². The summed E-state index contributed by atoms with van der Waals surface area (Å²) in [4.78, 5) is 12.0. The van der Waals surface area contributed by atoms with Crippen LogP contribution in [0.5, 0.6) is 11.5 Å². The van der Waals surface area contributed by atoms with Crippen molar-refractivity contribution in [3.63, 3.8) is 0 Å². The fraction of sp³-hybridized carbons (Fsp3) is 0.500. The summed E-state index contributed by atoms with van der Waals surface area (Å²) < 4.78 is 15.7. The van der Waals surface area contributed by atoms with Crippen LogP contribution in [0.4, 0.5) is 0 Å². The first-order chi connectivity index (χ1) is 8.69. The maximum atomic E-state index is 12.0. The molecule has 4 heteroatoms. The third kappa shape index (κ3) is 2.94. The Labute approximate surface area is 108 Å². The number of benzene rings is 1. The predicted molar refractivity (Wildman–Crippen MR) is 69.2 cm³/mol. The van der Waals surface area contributed by atoms with Gasteiger partial charge in [-0.1, -0.05) is 13.0 Å². The molecule has 0 radical (unpaired) electrons. The van der Waals surface area contributed by atoms with E-state index in [4.69, 9.17) is 14.2 Å². The monoisotopic (exact) mass is 252 g/mol. The van der Waals surface area contributed by atoms with E-state index < -0.39 is 0 Å². The third-order valence-corrected chi connectivity index (χ3v) is 2.79. The maximum absolute atomic E-state index is 12.0. The molecule has 1 unspecified atom stereocenters. The normalized spacial score (nSPS) is 11.8. The van der Waals surface area contributed by atoms with Gasteiger partial charge in [0.2, 0.25) is 0 Å². The molecule has 0 amide bonds. The highest BCUT2D eigenvalue weighted by molar-refractivity contribution is 5.80. The van der Waals surface area contributed by atoms with Gasteiger partial charge in [-0.3, -0.25) is 4.79 Å². The molecule has 0 aromatic heterocycles. The summed E-state index contributed by atoms with van der Waals surface area (Å²) in [5.41, 5.74) is 0.753. The fourth-order valence-electron chi connectivity index (χ4n) is 1.95. The number of ether oxygens (including phenoxy) is 3. The zero-order valence-electron chi connectivity index (χ0n) is 11.4. The van der Waals surface area contributed by atoms with Crippen LogP contribution in [0.1, 0.15) is 31.7 Å². The highest BCUT2D eigenvalue weighted by atomic mass is 16.5. The molecule has 100 valence electrons. The van der Waals surface area contributed by atoms with E-state index in [-0.39, 0.29) is 11.9 Å². The van der Waals surface area contributed by atoms with Crippen molar-refractivity contribution < 1.29 is 19.0 Å². The second-order valence-corrected chi connectivity index (χ2v) is 3.79. The molecule has 0 aliphatic carbocycles. The van der Waals surface area contributed by atoms with E-state index in [1.807, 2.05) is 25.1 Å². The van der Waals surface area contributed by atoms with Crippen molar-refractivity contribution in [1.82, 2.24) is 0 Å². The lowest BCUT2D eigenvalue weighted by molar-refractivity contribution is -0.145. The number of carbonyl (C=O) groups is 1. The molecule has 0 heterocycles. The molecule has 18 heavy (non-hydrogen) atoms. The van der Waals surface area contributed by atoms with Crippen LogP contribution < -0.4 is 9.47 Å². The highest BCUT2D eigenvalue weighted by Gasteiger charge is 2.26. The predicted octanol–water partition coefficient (Wildman–Crippen LogP) is 2.76. The molecule has 0 saturated carbocycles. The van der Waals surface area contributed by atoms with Crippen LogP contribution in [0.2, 0.25) is 0 Å². The van der Waals surface area contributed by atoms with Gasteiger partial charge in [0.05, 0.1) is 32.3 Å². The van der Waals surface area contributed by atoms with Gasteiger partial charge in [-0.15, -0.1) is 0 Å². The van der Waals surface area contributed by atoms with Gasteiger partial charge < -0.3 is 14.2 Å². The van der Waals surface area contributed by atoms with E-state index in [0.29, 0.717) is 24.5 Å². The number of rotatable bonds is 6. The Morgan fingerprint density at radius 1 is 1.17 bits per heavy atom. The van der Waals surface area contributed by atoms with E-state index in [1.54, 1.807) is 21.1 Å². The van der Waals surface area contributed by atoms with Gasteiger partial charge in [-0.2, -0.15) is 0 Å². The first kappa shape index (κ1) is 14.4. The molecule has 0 aliphatic rings.